The van der Waals surface area contributed by atoms with Crippen LogP contribution in [0.1, 0.15) is 13.4 Å². The molecular formula is C33H49ClN5NaO6Si2. The van der Waals surface area contributed by atoms with Crippen molar-refractivity contribution in [3.8, 4) is 34.8 Å². The second-order valence-corrected chi connectivity index (χ2v) is 23.6. The second kappa shape index (κ2) is 18.8. The maximum atomic E-state index is 6.64. The van der Waals surface area contributed by atoms with Gasteiger partial charge >= 0.3 is 29.6 Å². The van der Waals surface area contributed by atoms with E-state index in [1.54, 1.807) is 20.3 Å². The van der Waals surface area contributed by atoms with Gasteiger partial charge in [0.1, 0.15) is 40.9 Å². The smallest absolute Gasteiger partial charge is 1.00 e. The van der Waals surface area contributed by atoms with Crippen LogP contribution in [0.4, 0.5) is 11.5 Å². The normalized spacial score (nSPS) is 14.3. The van der Waals surface area contributed by atoms with Crippen molar-refractivity contribution in [2.75, 3.05) is 72.4 Å². The Kier molecular flexibility index (Phi) is 15.8. The Balaban J connectivity index is 0.000000670. The van der Waals surface area contributed by atoms with Crippen molar-refractivity contribution in [1.29, 1.82) is 0 Å². The zero-order valence-electron chi connectivity index (χ0n) is 30.8. The van der Waals surface area contributed by atoms with Crippen LogP contribution in [-0.2, 0) is 9.47 Å². The number of nitrogens with zero attached hydrogens (tertiary/aromatic N) is 3. The number of methoxy groups -OCH3 is 2. The van der Waals surface area contributed by atoms with Crippen LogP contribution in [0.5, 0.6) is 23.0 Å². The minimum absolute atomic E-state index is 0. The number of rotatable bonds is 11. The Morgan fingerprint density at radius 3 is 2.33 bits per heavy atom. The standard InChI is InChI=1S/C27H29ClN4O6.C6H19NSi2.Na.H/c1-33-9-3-5-18-13-20(28)24(26-25(18)37-17-38-26)31-27-19-14-22(34-2)23(15-21(19)29-16-30-27)36-10-4-6-32-7-11-35-12-8-32;1-8(2,3)7-9(4,5)6;;/h13-16H,4,6-12,17H2,1-2H3,(H,29,30,31);7H,1-6H3;;/q;;+1;-1. The second-order valence-electron chi connectivity index (χ2n) is 13.2. The zero-order chi connectivity index (χ0) is 34.0. The van der Waals surface area contributed by atoms with Gasteiger partial charge < -0.3 is 39.8 Å². The molecule has 1 saturated heterocycles. The van der Waals surface area contributed by atoms with Crippen LogP contribution < -0.4 is 58.5 Å². The quantitative estimate of drug-likeness (QED) is 0.173. The van der Waals surface area contributed by atoms with Gasteiger partial charge in [-0.05, 0) is 18.6 Å². The van der Waals surface area contributed by atoms with Gasteiger partial charge in [-0.25, -0.2) is 9.97 Å². The molecule has 2 N–H and O–H groups in total. The van der Waals surface area contributed by atoms with E-state index in [2.05, 4.69) is 76.0 Å². The topological polar surface area (TPSA) is 108 Å². The van der Waals surface area contributed by atoms with E-state index in [4.69, 9.17) is 40.0 Å². The molecule has 2 aliphatic rings. The molecule has 2 aromatic carbocycles. The molecular weight excluding hydrogens is 677 g/mol. The molecule has 3 heterocycles. The first-order valence-electron chi connectivity index (χ1n) is 15.8. The molecule has 11 nitrogen and oxygen atoms in total. The largest absolute Gasteiger partial charge is 1.00 e. The predicted octanol–water partition coefficient (Wildman–Crippen LogP) is 3.23. The molecule has 15 heteroatoms. The third-order valence-corrected chi connectivity index (χ3v) is 13.2. The first-order valence-corrected chi connectivity index (χ1v) is 23.2. The number of hydrogen-bond acceptors (Lipinski definition) is 11. The number of morpholine rings is 1. The minimum atomic E-state index is -0.981. The average molecular weight is 726 g/mol. The summed E-state index contributed by atoms with van der Waals surface area (Å²) >= 11 is 6.64. The molecule has 0 unspecified atom stereocenters. The number of fused-ring (bicyclic) bond motifs is 2. The van der Waals surface area contributed by atoms with E-state index in [9.17, 15) is 0 Å². The summed E-state index contributed by atoms with van der Waals surface area (Å²) in [7, 11) is 1.23. The molecule has 0 saturated carbocycles. The zero-order valence-corrected chi connectivity index (χ0v) is 34.6. The summed E-state index contributed by atoms with van der Waals surface area (Å²) in [6, 6.07) is 5.44. The Morgan fingerprint density at radius 1 is 0.979 bits per heavy atom. The van der Waals surface area contributed by atoms with Gasteiger partial charge in [-0.3, -0.25) is 4.90 Å². The van der Waals surface area contributed by atoms with Crippen LogP contribution in [-0.4, -0.2) is 98.4 Å². The van der Waals surface area contributed by atoms with Gasteiger partial charge in [0.15, 0.2) is 23.0 Å². The van der Waals surface area contributed by atoms with Crippen molar-refractivity contribution in [1.82, 2.24) is 19.5 Å². The van der Waals surface area contributed by atoms with Crippen molar-refractivity contribution in [2.45, 2.75) is 45.7 Å². The first-order chi connectivity index (χ1) is 22.4. The Bertz CT molecular complexity index is 1570. The fourth-order valence-corrected chi connectivity index (χ4v) is 14.7. The molecule has 1 aromatic heterocycles. The molecule has 0 radical (unpaired) electrons. The van der Waals surface area contributed by atoms with Crippen LogP contribution >= 0.6 is 11.6 Å². The van der Waals surface area contributed by atoms with Crippen molar-refractivity contribution < 1.29 is 59.4 Å². The van der Waals surface area contributed by atoms with E-state index in [1.807, 2.05) is 12.1 Å². The summed E-state index contributed by atoms with van der Waals surface area (Å²) < 4.78 is 37.3. The van der Waals surface area contributed by atoms with Crippen LogP contribution in [0, 0.1) is 11.8 Å². The number of benzene rings is 2. The molecule has 0 spiro atoms. The molecule has 48 heavy (non-hydrogen) atoms. The van der Waals surface area contributed by atoms with Crippen LogP contribution in [0.15, 0.2) is 24.5 Å². The summed E-state index contributed by atoms with van der Waals surface area (Å²) in [4.78, 5) is 11.3. The number of halogens is 1. The fourth-order valence-electron chi connectivity index (χ4n) is 5.42. The number of aromatic nitrogens is 2. The van der Waals surface area contributed by atoms with E-state index in [0.29, 0.717) is 63.8 Å². The number of ether oxygens (including phenoxy) is 6. The monoisotopic (exact) mass is 725 g/mol. The van der Waals surface area contributed by atoms with Crippen molar-refractivity contribution >= 4 is 50.5 Å². The molecule has 2 aliphatic heterocycles. The first kappa shape index (κ1) is 40.3. The predicted molar refractivity (Wildman–Crippen MR) is 194 cm³/mol. The number of hydrogen-bond donors (Lipinski definition) is 2. The molecule has 0 bridgehead atoms. The SMILES string of the molecule is COCC#Cc1cc(Cl)c(Nc2ncnc3cc(OCCCN4CCOCC4)c(OC)cc23)c2c1OCO2.C[Si](C)(C)N[Si](C)(C)C.[H-].[Na+]. The van der Waals surface area contributed by atoms with E-state index >= 15 is 0 Å². The van der Waals surface area contributed by atoms with Crippen molar-refractivity contribution in [3.63, 3.8) is 0 Å². The van der Waals surface area contributed by atoms with Crippen molar-refractivity contribution in [2.24, 2.45) is 0 Å². The van der Waals surface area contributed by atoms with Gasteiger partial charge in [-0.2, -0.15) is 0 Å². The van der Waals surface area contributed by atoms with Gasteiger partial charge in [0.2, 0.25) is 6.79 Å². The minimum Gasteiger partial charge on any atom is -1.00 e. The fraction of sp³-hybridized carbons (Fsp3) is 0.515. The molecule has 3 aromatic rings. The average Bonchev–Trinajstić information content (AvgIpc) is 3.50. The summed E-state index contributed by atoms with van der Waals surface area (Å²) in [5.74, 6) is 8.66. The van der Waals surface area contributed by atoms with Gasteiger partial charge in [0.25, 0.3) is 0 Å². The maximum absolute atomic E-state index is 6.64. The summed E-state index contributed by atoms with van der Waals surface area (Å²) in [5, 5.41) is 4.44. The number of nitrogens with one attached hydrogen (secondary N) is 2. The number of anilines is 2. The molecule has 258 valence electrons. The van der Waals surface area contributed by atoms with Gasteiger partial charge in [-0.1, -0.05) is 62.7 Å². The summed E-state index contributed by atoms with van der Waals surface area (Å²) in [6.07, 6.45) is 2.38. The van der Waals surface area contributed by atoms with E-state index in [0.717, 1.165) is 44.7 Å². The third-order valence-electron chi connectivity index (χ3n) is 6.93. The summed E-state index contributed by atoms with van der Waals surface area (Å²) in [5.41, 5.74) is 1.84. The van der Waals surface area contributed by atoms with E-state index in [1.165, 1.54) is 6.33 Å². The van der Waals surface area contributed by atoms with E-state index in [-0.39, 0.29) is 37.8 Å². The van der Waals surface area contributed by atoms with Gasteiger partial charge in [0, 0.05) is 38.2 Å². The Hall–Kier alpha value is -2.10. The molecule has 0 amide bonds. The molecule has 0 aliphatic carbocycles. The molecule has 5 rings (SSSR count). The van der Waals surface area contributed by atoms with Gasteiger partial charge in [0.05, 0.1) is 43.0 Å². The summed E-state index contributed by atoms with van der Waals surface area (Å²) in [6.45, 7) is 19.5. The van der Waals surface area contributed by atoms with Crippen molar-refractivity contribution in [3.05, 3.63) is 35.1 Å². The van der Waals surface area contributed by atoms with E-state index < -0.39 is 16.5 Å². The Labute approximate surface area is 315 Å². The van der Waals surface area contributed by atoms with Crippen LogP contribution in [0.25, 0.3) is 10.9 Å². The molecule has 1 fully saturated rings. The van der Waals surface area contributed by atoms with Crippen LogP contribution in [0.3, 0.4) is 0 Å². The maximum Gasteiger partial charge on any atom is 1.00 e. The Morgan fingerprint density at radius 2 is 1.69 bits per heavy atom. The molecule has 0 atom stereocenters. The van der Waals surface area contributed by atoms with Gasteiger partial charge in [-0.15, -0.1) is 0 Å². The third kappa shape index (κ3) is 12.0. The van der Waals surface area contributed by atoms with Crippen LogP contribution in [0.2, 0.25) is 44.3 Å².